The number of methoxy groups -OCH3 is 1. The number of sulfonamides is 1. The fourth-order valence-corrected chi connectivity index (χ4v) is 4.62. The number of nitrogens with one attached hydrogen (secondary N) is 1. The first-order chi connectivity index (χ1) is 14.6. The Kier molecular flexibility index (Phi) is 7.06. The predicted molar refractivity (Wildman–Crippen MR) is 121 cm³/mol. The van der Waals surface area contributed by atoms with Crippen LogP contribution < -0.4 is 15.0 Å². The van der Waals surface area contributed by atoms with Crippen molar-refractivity contribution >= 4 is 33.2 Å². The van der Waals surface area contributed by atoms with Crippen molar-refractivity contribution in [1.29, 1.82) is 0 Å². The van der Waals surface area contributed by atoms with Gasteiger partial charge in [-0.25, -0.2) is 13.1 Å². The van der Waals surface area contributed by atoms with Gasteiger partial charge >= 0.3 is 0 Å². The van der Waals surface area contributed by atoms with Gasteiger partial charge in [0.1, 0.15) is 10.8 Å². The fourth-order valence-electron chi connectivity index (χ4n) is 3.00. The zero-order chi connectivity index (χ0) is 22.8. The lowest BCUT2D eigenvalue weighted by atomic mass is 9.97. The molecule has 10 heteroatoms. The number of rotatable bonds is 7. The molecule has 0 saturated carbocycles. The molecule has 3 aromatic rings. The maximum absolute atomic E-state index is 13.0. The van der Waals surface area contributed by atoms with Crippen LogP contribution in [0.5, 0.6) is 5.75 Å². The third-order valence-electron chi connectivity index (χ3n) is 4.69. The van der Waals surface area contributed by atoms with Crippen LogP contribution in [0.4, 0.5) is 0 Å². The first-order valence-corrected chi connectivity index (χ1v) is 11.6. The van der Waals surface area contributed by atoms with E-state index in [9.17, 15) is 13.2 Å². The molecule has 0 radical (unpaired) electrons. The van der Waals surface area contributed by atoms with Crippen LogP contribution in [0.25, 0.3) is 5.69 Å². The van der Waals surface area contributed by atoms with Gasteiger partial charge in [0, 0.05) is 6.04 Å². The molecule has 0 fully saturated rings. The van der Waals surface area contributed by atoms with E-state index in [1.807, 2.05) is 26.0 Å². The lowest BCUT2D eigenvalue weighted by Gasteiger charge is -2.23. The highest BCUT2D eigenvalue weighted by atomic mass is 35.5. The molecule has 1 aromatic heterocycles. The molecule has 3 rings (SSSR count). The first-order valence-electron chi connectivity index (χ1n) is 9.34. The number of benzene rings is 2. The summed E-state index contributed by atoms with van der Waals surface area (Å²) in [6, 6.07) is 12.6. The summed E-state index contributed by atoms with van der Waals surface area (Å²) in [7, 11) is -2.26. The lowest BCUT2D eigenvalue weighted by molar-refractivity contribution is 0.413. The molecular weight excluding hydrogens is 461 g/mol. The van der Waals surface area contributed by atoms with E-state index in [-0.39, 0.29) is 20.9 Å². The zero-order valence-corrected chi connectivity index (χ0v) is 19.4. The Hall–Kier alpha value is -2.39. The second-order valence-corrected chi connectivity index (χ2v) is 9.63. The molecule has 1 heterocycles. The molecule has 164 valence electrons. The van der Waals surface area contributed by atoms with Crippen LogP contribution in [-0.4, -0.2) is 25.3 Å². The summed E-state index contributed by atoms with van der Waals surface area (Å²) in [4.78, 5) is 12.3. The Morgan fingerprint density at radius 1 is 1.03 bits per heavy atom. The summed E-state index contributed by atoms with van der Waals surface area (Å²) in [5, 5.41) is 3.83. The van der Waals surface area contributed by atoms with Gasteiger partial charge in [-0.2, -0.15) is 9.78 Å². The molecule has 0 aliphatic rings. The number of ether oxygens (including phenoxy) is 1. The molecule has 1 atom stereocenters. The Morgan fingerprint density at radius 3 is 2.19 bits per heavy atom. The van der Waals surface area contributed by atoms with Gasteiger partial charge in [-0.3, -0.25) is 4.79 Å². The number of nitrogens with zero attached hydrogens (tertiary/aromatic N) is 2. The van der Waals surface area contributed by atoms with Gasteiger partial charge in [-0.05, 0) is 47.9 Å². The average molecular weight is 482 g/mol. The largest absolute Gasteiger partial charge is 0.497 e. The second kappa shape index (κ2) is 9.40. The minimum absolute atomic E-state index is 0.00132. The lowest BCUT2D eigenvalue weighted by Crippen LogP contribution is -2.31. The quantitative estimate of drug-likeness (QED) is 0.545. The van der Waals surface area contributed by atoms with Crippen molar-refractivity contribution in [3.63, 3.8) is 0 Å². The van der Waals surface area contributed by atoms with Crippen molar-refractivity contribution in [3.8, 4) is 11.4 Å². The highest BCUT2D eigenvalue weighted by Crippen LogP contribution is 2.26. The molecule has 2 aromatic carbocycles. The van der Waals surface area contributed by atoms with E-state index in [4.69, 9.17) is 27.9 Å². The standard InChI is InChI=1S/C21H21Cl2N3O4S/c1-13(2)20(14-4-8-16(30-3)9-5-14)25-31(28,29)17-10-6-15(7-11-17)26-21(27)19(23)18(22)12-24-26/h4-13,20,25H,1-3H3. The van der Waals surface area contributed by atoms with E-state index in [1.54, 1.807) is 19.2 Å². The van der Waals surface area contributed by atoms with E-state index >= 15 is 0 Å². The molecule has 1 unspecified atom stereocenters. The van der Waals surface area contributed by atoms with Crippen molar-refractivity contribution < 1.29 is 13.2 Å². The number of aromatic nitrogens is 2. The third-order valence-corrected chi connectivity index (χ3v) is 6.90. The maximum Gasteiger partial charge on any atom is 0.291 e. The van der Waals surface area contributed by atoms with Crippen LogP contribution in [0, 0.1) is 5.92 Å². The maximum atomic E-state index is 13.0. The molecule has 0 bridgehead atoms. The molecule has 0 aliphatic carbocycles. The monoisotopic (exact) mass is 481 g/mol. The van der Waals surface area contributed by atoms with Crippen molar-refractivity contribution in [2.45, 2.75) is 24.8 Å². The van der Waals surface area contributed by atoms with Crippen LogP contribution in [0.2, 0.25) is 10.0 Å². The second-order valence-electron chi connectivity index (χ2n) is 7.13. The van der Waals surface area contributed by atoms with Gasteiger partial charge in [0.15, 0.2) is 0 Å². The van der Waals surface area contributed by atoms with E-state index < -0.39 is 21.6 Å². The van der Waals surface area contributed by atoms with Crippen molar-refractivity contribution in [2.75, 3.05) is 7.11 Å². The molecule has 0 aliphatic heterocycles. The molecule has 7 nitrogen and oxygen atoms in total. The van der Waals surface area contributed by atoms with Gasteiger partial charge in [-0.1, -0.05) is 49.2 Å². The highest BCUT2D eigenvalue weighted by Gasteiger charge is 2.24. The van der Waals surface area contributed by atoms with E-state index in [0.717, 1.165) is 10.2 Å². The Morgan fingerprint density at radius 2 is 1.65 bits per heavy atom. The minimum atomic E-state index is -3.83. The Bertz CT molecular complexity index is 1220. The summed E-state index contributed by atoms with van der Waals surface area (Å²) < 4.78 is 35.0. The van der Waals surface area contributed by atoms with Crippen LogP contribution in [0.3, 0.4) is 0 Å². The number of halogens is 2. The SMILES string of the molecule is COc1ccc(C(NS(=O)(=O)c2ccc(-n3ncc(Cl)c(Cl)c3=O)cc2)C(C)C)cc1. The van der Waals surface area contributed by atoms with Crippen LogP contribution >= 0.6 is 23.2 Å². The first kappa shape index (κ1) is 23.3. The summed E-state index contributed by atoms with van der Waals surface area (Å²) in [5.41, 5.74) is 0.586. The zero-order valence-electron chi connectivity index (χ0n) is 17.0. The van der Waals surface area contributed by atoms with E-state index in [2.05, 4.69) is 9.82 Å². The average Bonchev–Trinajstić information content (AvgIpc) is 2.76. The van der Waals surface area contributed by atoms with Gasteiger partial charge in [0.2, 0.25) is 10.0 Å². The van der Waals surface area contributed by atoms with Gasteiger partial charge in [-0.15, -0.1) is 0 Å². The van der Waals surface area contributed by atoms with Crippen LogP contribution in [0.1, 0.15) is 25.5 Å². The van der Waals surface area contributed by atoms with Crippen LogP contribution in [-0.2, 0) is 10.0 Å². The molecular formula is C21H21Cl2N3O4S. The normalized spacial score (nSPS) is 12.7. The van der Waals surface area contributed by atoms with E-state index in [0.29, 0.717) is 11.4 Å². The van der Waals surface area contributed by atoms with Gasteiger partial charge in [0.25, 0.3) is 5.56 Å². The number of hydrogen-bond donors (Lipinski definition) is 1. The van der Waals surface area contributed by atoms with Crippen molar-refractivity contribution in [3.05, 3.63) is 80.7 Å². The summed E-state index contributed by atoms with van der Waals surface area (Å²) in [6.45, 7) is 3.87. The highest BCUT2D eigenvalue weighted by molar-refractivity contribution is 7.89. The van der Waals surface area contributed by atoms with Crippen molar-refractivity contribution in [2.24, 2.45) is 5.92 Å². The molecule has 0 amide bonds. The summed E-state index contributed by atoms with van der Waals surface area (Å²) in [6.07, 6.45) is 1.25. The van der Waals surface area contributed by atoms with Gasteiger partial charge < -0.3 is 4.74 Å². The number of hydrogen-bond acceptors (Lipinski definition) is 5. The molecule has 0 spiro atoms. The minimum Gasteiger partial charge on any atom is -0.497 e. The fraction of sp³-hybridized carbons (Fsp3) is 0.238. The molecule has 1 N–H and O–H groups in total. The topological polar surface area (TPSA) is 90.3 Å². The smallest absolute Gasteiger partial charge is 0.291 e. The third kappa shape index (κ3) is 5.10. The summed E-state index contributed by atoms with van der Waals surface area (Å²) in [5.74, 6) is 0.692. The predicted octanol–water partition coefficient (Wildman–Crippen LogP) is 4.22. The Balaban J connectivity index is 1.89. The summed E-state index contributed by atoms with van der Waals surface area (Å²) >= 11 is 11.7. The van der Waals surface area contributed by atoms with Gasteiger partial charge in [0.05, 0.1) is 28.9 Å². The Labute approximate surface area is 190 Å². The van der Waals surface area contributed by atoms with E-state index in [1.165, 1.54) is 30.5 Å². The molecule has 31 heavy (non-hydrogen) atoms. The van der Waals surface area contributed by atoms with Crippen molar-refractivity contribution in [1.82, 2.24) is 14.5 Å². The van der Waals surface area contributed by atoms with Crippen LogP contribution in [0.15, 0.2) is 64.4 Å². The molecule has 0 saturated heterocycles.